The molecule has 1 saturated carbocycles. The Morgan fingerprint density at radius 3 is 2.75 bits per heavy atom. The fourth-order valence-corrected chi connectivity index (χ4v) is 3.33. The first-order valence-electron chi connectivity index (χ1n) is 8.02. The Hall–Kier alpha value is -2.00. The number of hydrogen-bond acceptors (Lipinski definition) is 4. The second-order valence-corrected chi connectivity index (χ2v) is 6.45. The molecule has 0 aliphatic heterocycles. The Morgan fingerprint density at radius 1 is 1.46 bits per heavy atom. The van der Waals surface area contributed by atoms with E-state index in [9.17, 15) is 10.1 Å². The first-order valence-corrected chi connectivity index (χ1v) is 8.81. The number of benzene rings is 1. The number of carbonyl (C=O) groups is 1. The third-order valence-electron chi connectivity index (χ3n) is 3.91. The van der Waals surface area contributed by atoms with Crippen LogP contribution < -0.4 is 14.8 Å². The van der Waals surface area contributed by atoms with Crippen molar-refractivity contribution >= 4 is 27.9 Å². The average molecular weight is 393 g/mol. The smallest absolute Gasteiger partial charge is 0.262 e. The van der Waals surface area contributed by atoms with Crippen LogP contribution in [0.15, 0.2) is 22.2 Å². The maximum absolute atomic E-state index is 12.3. The minimum atomic E-state index is -0.326. The van der Waals surface area contributed by atoms with Crippen LogP contribution in [0.25, 0.3) is 6.08 Å². The number of nitrogens with one attached hydrogen (secondary N) is 1. The molecule has 1 aromatic rings. The Bertz CT molecular complexity index is 674. The molecule has 1 amide bonds. The molecule has 1 fully saturated rings. The highest BCUT2D eigenvalue weighted by atomic mass is 79.9. The molecule has 0 radical (unpaired) electrons. The summed E-state index contributed by atoms with van der Waals surface area (Å²) in [4.78, 5) is 12.3. The molecule has 2 rings (SSSR count). The van der Waals surface area contributed by atoms with Crippen LogP contribution in [0, 0.1) is 11.3 Å². The third kappa shape index (κ3) is 4.51. The first kappa shape index (κ1) is 18.3. The van der Waals surface area contributed by atoms with E-state index >= 15 is 0 Å². The average Bonchev–Trinajstić information content (AvgIpc) is 3.07. The van der Waals surface area contributed by atoms with E-state index in [1.807, 2.05) is 13.0 Å². The van der Waals surface area contributed by atoms with Crippen LogP contribution in [0.2, 0.25) is 0 Å². The van der Waals surface area contributed by atoms with Crippen molar-refractivity contribution in [1.29, 1.82) is 5.26 Å². The van der Waals surface area contributed by atoms with Crippen molar-refractivity contribution < 1.29 is 14.3 Å². The van der Waals surface area contributed by atoms with Crippen LogP contribution >= 0.6 is 15.9 Å². The van der Waals surface area contributed by atoms with E-state index in [1.165, 1.54) is 0 Å². The van der Waals surface area contributed by atoms with Crippen LogP contribution in [-0.4, -0.2) is 25.7 Å². The van der Waals surface area contributed by atoms with Crippen molar-refractivity contribution in [2.75, 3.05) is 13.7 Å². The van der Waals surface area contributed by atoms with Gasteiger partial charge < -0.3 is 14.8 Å². The number of hydrogen-bond donors (Lipinski definition) is 1. The molecular weight excluding hydrogens is 372 g/mol. The highest BCUT2D eigenvalue weighted by molar-refractivity contribution is 9.10. The number of ether oxygens (including phenoxy) is 2. The van der Waals surface area contributed by atoms with Crippen LogP contribution in [0.3, 0.4) is 0 Å². The first-order chi connectivity index (χ1) is 11.6. The van der Waals surface area contributed by atoms with Gasteiger partial charge in [-0.05, 0) is 59.5 Å². The maximum atomic E-state index is 12.3. The van der Waals surface area contributed by atoms with E-state index in [1.54, 1.807) is 25.3 Å². The molecule has 1 aliphatic rings. The second-order valence-electron chi connectivity index (χ2n) is 5.59. The lowest BCUT2D eigenvalue weighted by Crippen LogP contribution is -2.33. The lowest BCUT2D eigenvalue weighted by molar-refractivity contribution is -0.117. The summed E-state index contributed by atoms with van der Waals surface area (Å²) in [6.07, 6.45) is 5.77. The summed E-state index contributed by atoms with van der Waals surface area (Å²) in [5.74, 6) is 0.824. The van der Waals surface area contributed by atoms with Gasteiger partial charge in [0.25, 0.3) is 5.91 Å². The standard InChI is InChI=1S/C18H21BrN2O3/c1-3-24-17-15(19)9-12(10-16(17)23-2)8-13(11-20)18(22)21-14-6-4-5-7-14/h8-10,14H,3-7H2,1-2H3,(H,21,22)/b13-8+. The zero-order valence-corrected chi connectivity index (χ0v) is 15.5. The number of nitriles is 1. The van der Waals surface area contributed by atoms with Gasteiger partial charge in [-0.3, -0.25) is 4.79 Å². The fourth-order valence-electron chi connectivity index (χ4n) is 2.76. The molecule has 0 spiro atoms. The van der Waals surface area contributed by atoms with Gasteiger partial charge in [0.1, 0.15) is 11.6 Å². The minimum absolute atomic E-state index is 0.0833. The summed E-state index contributed by atoms with van der Waals surface area (Å²) < 4.78 is 11.6. The molecule has 1 N–H and O–H groups in total. The second kappa shape index (κ2) is 8.74. The summed E-state index contributed by atoms with van der Waals surface area (Å²) >= 11 is 3.44. The fraction of sp³-hybridized carbons (Fsp3) is 0.444. The van der Waals surface area contributed by atoms with Crippen LogP contribution in [0.4, 0.5) is 0 Å². The predicted octanol–water partition coefficient (Wildman–Crippen LogP) is 3.82. The summed E-state index contributed by atoms with van der Waals surface area (Å²) in [6.45, 7) is 2.40. The van der Waals surface area contributed by atoms with Crippen LogP contribution in [0.1, 0.15) is 38.2 Å². The van der Waals surface area contributed by atoms with Crippen LogP contribution in [-0.2, 0) is 4.79 Å². The Morgan fingerprint density at radius 2 is 2.17 bits per heavy atom. The van der Waals surface area contributed by atoms with E-state index in [-0.39, 0.29) is 17.5 Å². The molecule has 24 heavy (non-hydrogen) atoms. The molecule has 0 bridgehead atoms. The van der Waals surface area contributed by atoms with E-state index in [4.69, 9.17) is 9.47 Å². The number of methoxy groups -OCH3 is 1. The van der Waals surface area contributed by atoms with E-state index < -0.39 is 0 Å². The summed E-state index contributed by atoms with van der Waals surface area (Å²) in [5.41, 5.74) is 0.778. The van der Waals surface area contributed by atoms with Gasteiger partial charge in [-0.2, -0.15) is 5.26 Å². The van der Waals surface area contributed by atoms with Crippen molar-refractivity contribution in [2.24, 2.45) is 0 Å². The van der Waals surface area contributed by atoms with Gasteiger partial charge in [0, 0.05) is 6.04 Å². The lowest BCUT2D eigenvalue weighted by Gasteiger charge is -2.13. The summed E-state index contributed by atoms with van der Waals surface area (Å²) in [7, 11) is 1.55. The molecule has 1 aromatic carbocycles. The molecule has 0 saturated heterocycles. The largest absolute Gasteiger partial charge is 0.493 e. The van der Waals surface area contributed by atoms with Gasteiger partial charge in [0.2, 0.25) is 0 Å². The summed E-state index contributed by atoms with van der Waals surface area (Å²) in [6, 6.07) is 5.70. The Balaban J connectivity index is 2.25. The monoisotopic (exact) mass is 392 g/mol. The van der Waals surface area contributed by atoms with Gasteiger partial charge in [0.15, 0.2) is 11.5 Å². The van der Waals surface area contributed by atoms with Crippen molar-refractivity contribution in [2.45, 2.75) is 38.6 Å². The molecule has 6 heteroatoms. The van der Waals surface area contributed by atoms with Gasteiger partial charge in [0.05, 0.1) is 18.2 Å². The highest BCUT2D eigenvalue weighted by Crippen LogP contribution is 2.37. The number of amides is 1. The normalized spacial score (nSPS) is 15.0. The lowest BCUT2D eigenvalue weighted by atomic mass is 10.1. The third-order valence-corrected chi connectivity index (χ3v) is 4.50. The zero-order chi connectivity index (χ0) is 17.5. The molecule has 0 atom stereocenters. The number of nitrogens with zero attached hydrogens (tertiary/aromatic N) is 1. The van der Waals surface area contributed by atoms with Crippen molar-refractivity contribution in [1.82, 2.24) is 5.32 Å². The maximum Gasteiger partial charge on any atom is 0.262 e. The number of halogens is 1. The van der Waals surface area contributed by atoms with Crippen molar-refractivity contribution in [3.05, 3.63) is 27.7 Å². The molecule has 0 heterocycles. The minimum Gasteiger partial charge on any atom is -0.493 e. The molecule has 1 aliphatic carbocycles. The number of rotatable bonds is 6. The summed E-state index contributed by atoms with van der Waals surface area (Å²) in [5, 5.41) is 12.2. The Kier molecular flexibility index (Phi) is 6.68. The van der Waals surface area contributed by atoms with Gasteiger partial charge in [-0.25, -0.2) is 0 Å². The van der Waals surface area contributed by atoms with Gasteiger partial charge in [-0.1, -0.05) is 12.8 Å². The predicted molar refractivity (Wildman–Crippen MR) is 95.9 cm³/mol. The number of carbonyl (C=O) groups excluding carboxylic acids is 1. The zero-order valence-electron chi connectivity index (χ0n) is 13.9. The van der Waals surface area contributed by atoms with Gasteiger partial charge >= 0.3 is 0 Å². The molecule has 5 nitrogen and oxygen atoms in total. The molecule has 0 unspecified atom stereocenters. The molecular formula is C18H21BrN2O3. The van der Waals surface area contributed by atoms with Crippen molar-refractivity contribution in [3.63, 3.8) is 0 Å². The van der Waals surface area contributed by atoms with E-state index in [2.05, 4.69) is 21.2 Å². The quantitative estimate of drug-likeness (QED) is 0.589. The van der Waals surface area contributed by atoms with E-state index in [0.717, 1.165) is 25.7 Å². The SMILES string of the molecule is CCOc1c(Br)cc(/C=C(\C#N)C(=O)NC2CCCC2)cc1OC. The van der Waals surface area contributed by atoms with E-state index in [0.29, 0.717) is 28.1 Å². The Labute approximate surface area is 150 Å². The molecule has 0 aromatic heterocycles. The van der Waals surface area contributed by atoms with Crippen LogP contribution in [0.5, 0.6) is 11.5 Å². The molecule has 128 valence electrons. The van der Waals surface area contributed by atoms with Crippen molar-refractivity contribution in [3.8, 4) is 17.6 Å². The highest BCUT2D eigenvalue weighted by Gasteiger charge is 2.19. The topological polar surface area (TPSA) is 71.3 Å². The van der Waals surface area contributed by atoms with Gasteiger partial charge in [-0.15, -0.1) is 0 Å².